The molecule has 1 aromatic rings. The second kappa shape index (κ2) is 9.00. The first-order valence-corrected chi connectivity index (χ1v) is 8.39. The van der Waals surface area contributed by atoms with E-state index >= 15 is 0 Å². The molecule has 0 aliphatic carbocycles. The summed E-state index contributed by atoms with van der Waals surface area (Å²) < 4.78 is 10.5. The molecule has 0 radical (unpaired) electrons. The van der Waals surface area contributed by atoms with Crippen molar-refractivity contribution in [1.82, 2.24) is 15.0 Å². The SMILES string of the molecule is CCOCCN1CCN(CC(=O)Nc2cc(C)no2)C[C@@H]1CC. The predicted octanol–water partition coefficient (Wildman–Crippen LogP) is 1.35. The largest absolute Gasteiger partial charge is 0.380 e. The van der Waals surface area contributed by atoms with Crippen LogP contribution in [0.4, 0.5) is 5.88 Å². The van der Waals surface area contributed by atoms with Gasteiger partial charge < -0.3 is 9.26 Å². The summed E-state index contributed by atoms with van der Waals surface area (Å²) in [6.45, 7) is 11.7. The zero-order chi connectivity index (χ0) is 16.7. The summed E-state index contributed by atoms with van der Waals surface area (Å²) in [7, 11) is 0. The maximum atomic E-state index is 12.1. The highest BCUT2D eigenvalue weighted by Crippen LogP contribution is 2.13. The minimum atomic E-state index is -0.0567. The number of hydrogen-bond acceptors (Lipinski definition) is 6. The molecule has 2 heterocycles. The van der Waals surface area contributed by atoms with Gasteiger partial charge in [-0.2, -0.15) is 0 Å². The third kappa shape index (κ3) is 5.60. The number of rotatable bonds is 8. The van der Waals surface area contributed by atoms with Crippen LogP contribution in [-0.4, -0.2) is 72.8 Å². The van der Waals surface area contributed by atoms with Gasteiger partial charge in [-0.3, -0.25) is 19.9 Å². The van der Waals surface area contributed by atoms with Gasteiger partial charge in [-0.15, -0.1) is 0 Å². The molecular weight excluding hydrogens is 296 g/mol. The average molecular weight is 324 g/mol. The topological polar surface area (TPSA) is 70.8 Å². The van der Waals surface area contributed by atoms with Crippen molar-refractivity contribution in [3.63, 3.8) is 0 Å². The number of ether oxygens (including phenoxy) is 1. The number of carbonyl (C=O) groups is 1. The van der Waals surface area contributed by atoms with E-state index in [-0.39, 0.29) is 5.91 Å². The molecule has 0 saturated carbocycles. The van der Waals surface area contributed by atoms with Crippen molar-refractivity contribution >= 4 is 11.8 Å². The number of aromatic nitrogens is 1. The fourth-order valence-electron chi connectivity index (χ4n) is 2.91. The van der Waals surface area contributed by atoms with Crippen LogP contribution < -0.4 is 5.32 Å². The van der Waals surface area contributed by atoms with Crippen LogP contribution in [0, 0.1) is 6.92 Å². The fourth-order valence-corrected chi connectivity index (χ4v) is 2.91. The molecule has 1 atom stereocenters. The Bertz CT molecular complexity index is 491. The van der Waals surface area contributed by atoms with Gasteiger partial charge in [0.15, 0.2) is 0 Å². The first-order valence-electron chi connectivity index (χ1n) is 8.39. The maximum absolute atomic E-state index is 12.1. The molecule has 0 unspecified atom stereocenters. The zero-order valence-electron chi connectivity index (χ0n) is 14.4. The standard InChI is InChI=1S/C16H28N4O3/c1-4-14-11-19(6-7-20(14)8-9-22-5-2)12-15(21)17-16-10-13(3)18-23-16/h10,14H,4-9,11-12H2,1-3H3,(H,17,21)/t14-/m0/s1. The van der Waals surface area contributed by atoms with Crippen LogP contribution in [0.1, 0.15) is 26.0 Å². The van der Waals surface area contributed by atoms with E-state index in [1.165, 1.54) is 0 Å². The van der Waals surface area contributed by atoms with Crippen molar-refractivity contribution in [2.24, 2.45) is 0 Å². The van der Waals surface area contributed by atoms with Crippen LogP contribution in [0.2, 0.25) is 0 Å². The number of anilines is 1. The third-order valence-corrected chi connectivity index (χ3v) is 4.14. The summed E-state index contributed by atoms with van der Waals surface area (Å²) in [6, 6.07) is 2.20. The van der Waals surface area contributed by atoms with Crippen molar-refractivity contribution in [2.75, 3.05) is 51.3 Å². The van der Waals surface area contributed by atoms with Gasteiger partial charge in [0.25, 0.3) is 0 Å². The molecule has 23 heavy (non-hydrogen) atoms. The molecule has 1 fully saturated rings. The van der Waals surface area contributed by atoms with E-state index in [9.17, 15) is 4.79 Å². The number of nitrogens with zero attached hydrogens (tertiary/aromatic N) is 3. The lowest BCUT2D eigenvalue weighted by atomic mass is 10.1. The third-order valence-electron chi connectivity index (χ3n) is 4.14. The van der Waals surface area contributed by atoms with E-state index < -0.39 is 0 Å². The molecule has 1 aromatic heterocycles. The Hall–Kier alpha value is -1.44. The minimum absolute atomic E-state index is 0.0567. The molecule has 0 bridgehead atoms. The molecule has 130 valence electrons. The summed E-state index contributed by atoms with van der Waals surface area (Å²) >= 11 is 0. The Morgan fingerprint density at radius 1 is 1.48 bits per heavy atom. The summed E-state index contributed by atoms with van der Waals surface area (Å²) in [6.07, 6.45) is 1.07. The molecule has 1 aliphatic heterocycles. The quantitative estimate of drug-likeness (QED) is 0.728. The number of piperazine rings is 1. The number of carbonyl (C=O) groups excluding carboxylic acids is 1. The molecule has 1 saturated heterocycles. The monoisotopic (exact) mass is 324 g/mol. The van der Waals surface area contributed by atoms with Gasteiger partial charge in [-0.1, -0.05) is 12.1 Å². The molecule has 1 aliphatic rings. The second-order valence-corrected chi connectivity index (χ2v) is 5.91. The van der Waals surface area contributed by atoms with Crippen LogP contribution in [0.15, 0.2) is 10.6 Å². The smallest absolute Gasteiger partial charge is 0.240 e. The van der Waals surface area contributed by atoms with Crippen molar-refractivity contribution in [1.29, 1.82) is 0 Å². The highest BCUT2D eigenvalue weighted by atomic mass is 16.5. The fraction of sp³-hybridized carbons (Fsp3) is 0.750. The molecule has 7 heteroatoms. The summed E-state index contributed by atoms with van der Waals surface area (Å²) in [4.78, 5) is 16.8. The molecule has 0 aromatic carbocycles. The number of hydrogen-bond donors (Lipinski definition) is 1. The Kier molecular flexibility index (Phi) is 7.01. The highest BCUT2D eigenvalue weighted by molar-refractivity contribution is 5.90. The first kappa shape index (κ1) is 17.9. The number of nitrogens with one attached hydrogen (secondary N) is 1. The Labute approximate surface area is 137 Å². The molecule has 0 spiro atoms. The Morgan fingerprint density at radius 3 is 2.96 bits per heavy atom. The lowest BCUT2D eigenvalue weighted by molar-refractivity contribution is -0.118. The van der Waals surface area contributed by atoms with Gasteiger partial charge in [0.1, 0.15) is 0 Å². The Morgan fingerprint density at radius 2 is 2.30 bits per heavy atom. The van der Waals surface area contributed by atoms with E-state index in [2.05, 4.69) is 27.2 Å². The normalized spacial score (nSPS) is 19.9. The van der Waals surface area contributed by atoms with E-state index in [4.69, 9.17) is 9.26 Å². The predicted molar refractivity (Wildman–Crippen MR) is 88.5 cm³/mol. The van der Waals surface area contributed by atoms with Crippen LogP contribution in [0.3, 0.4) is 0 Å². The van der Waals surface area contributed by atoms with Crippen molar-refractivity contribution in [3.8, 4) is 0 Å². The molecule has 2 rings (SSSR count). The Balaban J connectivity index is 1.77. The van der Waals surface area contributed by atoms with E-state index in [1.807, 2.05) is 13.8 Å². The van der Waals surface area contributed by atoms with E-state index in [0.717, 1.165) is 51.5 Å². The van der Waals surface area contributed by atoms with Gasteiger partial charge in [0, 0.05) is 44.9 Å². The van der Waals surface area contributed by atoms with Crippen LogP contribution in [-0.2, 0) is 9.53 Å². The van der Waals surface area contributed by atoms with Crippen LogP contribution in [0.25, 0.3) is 0 Å². The van der Waals surface area contributed by atoms with Crippen LogP contribution in [0.5, 0.6) is 0 Å². The van der Waals surface area contributed by atoms with E-state index in [1.54, 1.807) is 6.07 Å². The van der Waals surface area contributed by atoms with Gasteiger partial charge in [0.2, 0.25) is 11.8 Å². The lowest BCUT2D eigenvalue weighted by Crippen LogP contribution is -2.54. The van der Waals surface area contributed by atoms with Crippen LogP contribution >= 0.6 is 0 Å². The lowest BCUT2D eigenvalue weighted by Gasteiger charge is -2.40. The van der Waals surface area contributed by atoms with Crippen molar-refractivity contribution in [2.45, 2.75) is 33.2 Å². The number of amides is 1. The van der Waals surface area contributed by atoms with Crippen molar-refractivity contribution < 1.29 is 14.1 Å². The highest BCUT2D eigenvalue weighted by Gasteiger charge is 2.26. The van der Waals surface area contributed by atoms with E-state index in [0.29, 0.717) is 18.5 Å². The molecule has 1 amide bonds. The van der Waals surface area contributed by atoms with Gasteiger partial charge >= 0.3 is 0 Å². The molecular formula is C16H28N4O3. The summed E-state index contributed by atoms with van der Waals surface area (Å²) in [5.41, 5.74) is 0.759. The van der Waals surface area contributed by atoms with Gasteiger partial charge in [-0.05, 0) is 20.3 Å². The summed E-state index contributed by atoms with van der Waals surface area (Å²) in [5, 5.41) is 6.52. The first-order chi connectivity index (χ1) is 11.1. The summed E-state index contributed by atoms with van der Waals surface area (Å²) in [5.74, 6) is 0.355. The molecule has 1 N–H and O–H groups in total. The van der Waals surface area contributed by atoms with Gasteiger partial charge in [-0.25, -0.2) is 0 Å². The minimum Gasteiger partial charge on any atom is -0.380 e. The van der Waals surface area contributed by atoms with Crippen molar-refractivity contribution in [3.05, 3.63) is 11.8 Å². The zero-order valence-corrected chi connectivity index (χ0v) is 14.4. The number of aryl methyl sites for hydroxylation is 1. The maximum Gasteiger partial charge on any atom is 0.240 e. The second-order valence-electron chi connectivity index (χ2n) is 5.91. The average Bonchev–Trinajstić information content (AvgIpc) is 2.93. The van der Waals surface area contributed by atoms with Gasteiger partial charge in [0.05, 0.1) is 18.8 Å². The molecule has 7 nitrogen and oxygen atoms in total.